The predicted octanol–water partition coefficient (Wildman–Crippen LogP) is 12.4. The van der Waals surface area contributed by atoms with Crippen molar-refractivity contribution in [2.45, 2.75) is 98.4 Å². The van der Waals surface area contributed by atoms with Crippen molar-refractivity contribution in [2.75, 3.05) is 4.90 Å². The molecule has 0 radical (unpaired) electrons. The van der Waals surface area contributed by atoms with E-state index < -0.39 is 0 Å². The largest absolute Gasteiger partial charge is 0.460 e. The number of hydrogen-bond donors (Lipinski definition) is 0. The zero-order valence-electron chi connectivity index (χ0n) is 28.4. The highest BCUT2D eigenvalue weighted by Crippen LogP contribution is 2.57. The minimum absolute atomic E-state index is 0.130. The third-order valence-corrected chi connectivity index (χ3v) is 10.6. The van der Waals surface area contributed by atoms with Crippen LogP contribution in [0.2, 0.25) is 0 Å². The maximum atomic E-state index is 6.95. The van der Waals surface area contributed by atoms with Crippen LogP contribution in [0.1, 0.15) is 130 Å². The Morgan fingerprint density at radius 1 is 0.867 bits per heavy atom. The zero-order chi connectivity index (χ0) is 31.6. The van der Waals surface area contributed by atoms with E-state index in [2.05, 4.69) is 139 Å². The Labute approximate surface area is 270 Å². The van der Waals surface area contributed by atoms with Gasteiger partial charge in [0.05, 0.1) is 6.04 Å². The van der Waals surface area contributed by atoms with E-state index >= 15 is 0 Å². The van der Waals surface area contributed by atoms with Crippen LogP contribution in [0.15, 0.2) is 77.3 Å². The molecule has 7 rings (SSSR count). The van der Waals surface area contributed by atoms with Gasteiger partial charge in [0.25, 0.3) is 0 Å². The molecule has 0 fully saturated rings. The Hall–Kier alpha value is -3.78. The van der Waals surface area contributed by atoms with Crippen LogP contribution in [0.3, 0.4) is 0 Å². The monoisotopic (exact) mass is 595 g/mol. The molecule has 0 saturated carbocycles. The molecule has 1 aliphatic heterocycles. The number of nitrogens with zero attached hydrogens (tertiary/aromatic N) is 1. The van der Waals surface area contributed by atoms with Gasteiger partial charge in [0, 0.05) is 40.2 Å². The molecule has 1 aromatic heterocycles. The Balaban J connectivity index is 1.51. The maximum absolute atomic E-state index is 6.95. The van der Waals surface area contributed by atoms with E-state index in [0.717, 1.165) is 30.6 Å². The number of fused-ring (bicyclic) bond motifs is 4. The van der Waals surface area contributed by atoms with E-state index in [-0.39, 0.29) is 6.04 Å². The van der Waals surface area contributed by atoms with Gasteiger partial charge < -0.3 is 9.32 Å². The molecule has 2 aliphatic carbocycles. The highest BCUT2D eigenvalue weighted by Gasteiger charge is 2.42. The highest BCUT2D eigenvalue weighted by atomic mass is 16.3. The predicted molar refractivity (Wildman–Crippen MR) is 193 cm³/mol. The van der Waals surface area contributed by atoms with Crippen LogP contribution in [0.5, 0.6) is 0 Å². The molecule has 2 heteroatoms. The number of hydrogen-bond acceptors (Lipinski definition) is 2. The number of para-hydroxylation sites is 1. The lowest BCUT2D eigenvalue weighted by Crippen LogP contribution is -2.25. The van der Waals surface area contributed by atoms with Gasteiger partial charge in [0.1, 0.15) is 11.3 Å². The van der Waals surface area contributed by atoms with Crippen molar-refractivity contribution < 1.29 is 4.42 Å². The lowest BCUT2D eigenvalue weighted by Gasteiger charge is -2.36. The van der Waals surface area contributed by atoms with Crippen LogP contribution in [0.4, 0.5) is 11.4 Å². The summed E-state index contributed by atoms with van der Waals surface area (Å²) in [5.41, 5.74) is 14.8. The molecule has 45 heavy (non-hydrogen) atoms. The number of rotatable bonds is 6. The molecule has 4 atom stereocenters. The van der Waals surface area contributed by atoms with E-state index in [4.69, 9.17) is 4.42 Å². The summed E-state index contributed by atoms with van der Waals surface area (Å²) in [7, 11) is 0. The van der Waals surface area contributed by atoms with Gasteiger partial charge in [-0.2, -0.15) is 0 Å². The number of aryl methyl sites for hydroxylation is 1. The molecule has 3 aliphatic rings. The lowest BCUT2D eigenvalue weighted by molar-refractivity contribution is 0.504. The van der Waals surface area contributed by atoms with E-state index in [1.54, 1.807) is 0 Å². The minimum Gasteiger partial charge on any atom is -0.460 e. The van der Waals surface area contributed by atoms with E-state index in [1.807, 2.05) is 0 Å². The van der Waals surface area contributed by atoms with Crippen molar-refractivity contribution in [2.24, 2.45) is 11.8 Å². The molecule has 0 amide bonds. The Morgan fingerprint density at radius 2 is 1.58 bits per heavy atom. The van der Waals surface area contributed by atoms with Gasteiger partial charge in [-0.25, -0.2) is 0 Å². The molecular weight excluding hydrogens is 546 g/mol. The van der Waals surface area contributed by atoms with Crippen molar-refractivity contribution in [1.29, 1.82) is 0 Å². The Kier molecular flexibility index (Phi) is 7.67. The quantitative estimate of drug-likeness (QED) is 0.220. The summed E-state index contributed by atoms with van der Waals surface area (Å²) in [5, 5.41) is 1.26. The lowest BCUT2D eigenvalue weighted by atomic mass is 9.84. The minimum atomic E-state index is 0.130. The fourth-order valence-corrected chi connectivity index (χ4v) is 8.10. The first-order valence-electron chi connectivity index (χ1n) is 17.4. The molecule has 2 nitrogen and oxygen atoms in total. The number of allylic oxidation sites excluding steroid dienone is 5. The summed E-state index contributed by atoms with van der Waals surface area (Å²) < 4.78 is 6.95. The molecule has 0 bridgehead atoms. The van der Waals surface area contributed by atoms with Crippen molar-refractivity contribution in [3.8, 4) is 0 Å². The standard InChI is InChI=1S/C43H49NO/c1-9-30-19-21-35-34-20-16-28(7)22-39(34)45-43(35)40(30)41-29(8)33-12-10-11-13-38(33)44(41)42-36(25(2)3)23-32(24-37(42)26(4)5)31-17-14-27(6)15-18-31/h10-14,16-21,23-29,41H,9,15,22H2,1-8H3. The Bertz CT molecular complexity index is 1830. The second-order valence-corrected chi connectivity index (χ2v) is 14.6. The van der Waals surface area contributed by atoms with Gasteiger partial charge in [0.15, 0.2) is 0 Å². The molecule has 0 saturated heterocycles. The fraction of sp³-hybridized carbons (Fsp3) is 0.395. The zero-order valence-corrected chi connectivity index (χ0v) is 28.4. The average Bonchev–Trinajstić information content (AvgIpc) is 3.54. The summed E-state index contributed by atoms with van der Waals surface area (Å²) in [6, 6.07) is 19.0. The van der Waals surface area contributed by atoms with E-state index in [1.165, 1.54) is 61.3 Å². The summed E-state index contributed by atoms with van der Waals surface area (Å²) in [5.74, 6) is 3.29. The van der Waals surface area contributed by atoms with Crippen LogP contribution in [0.25, 0.3) is 22.6 Å². The smallest absolute Gasteiger partial charge is 0.140 e. The van der Waals surface area contributed by atoms with Gasteiger partial charge in [-0.15, -0.1) is 0 Å². The molecule has 232 valence electrons. The first-order chi connectivity index (χ1) is 21.7. The topological polar surface area (TPSA) is 16.4 Å². The number of benzene rings is 3. The van der Waals surface area contributed by atoms with E-state index in [9.17, 15) is 0 Å². The molecule has 3 aromatic carbocycles. The summed E-state index contributed by atoms with van der Waals surface area (Å²) in [6.45, 7) is 18.8. The van der Waals surface area contributed by atoms with Crippen LogP contribution >= 0.6 is 0 Å². The van der Waals surface area contributed by atoms with Crippen LogP contribution in [0, 0.1) is 11.8 Å². The van der Waals surface area contributed by atoms with E-state index in [0.29, 0.717) is 29.6 Å². The van der Waals surface area contributed by atoms with Gasteiger partial charge in [-0.1, -0.05) is 116 Å². The second-order valence-electron chi connectivity index (χ2n) is 14.6. The highest BCUT2D eigenvalue weighted by molar-refractivity contribution is 5.94. The average molecular weight is 596 g/mol. The summed E-state index contributed by atoms with van der Waals surface area (Å²) in [4.78, 5) is 2.73. The fourth-order valence-electron chi connectivity index (χ4n) is 8.10. The second kappa shape index (κ2) is 11.5. The summed E-state index contributed by atoms with van der Waals surface area (Å²) >= 11 is 0. The number of furan rings is 1. The molecule has 2 heterocycles. The van der Waals surface area contributed by atoms with Gasteiger partial charge in [-0.05, 0) is 88.1 Å². The van der Waals surface area contributed by atoms with Crippen molar-refractivity contribution >= 4 is 34.0 Å². The van der Waals surface area contributed by atoms with Gasteiger partial charge in [-0.3, -0.25) is 0 Å². The normalized spacial score (nSPS) is 22.4. The molecular formula is C43H49NO. The van der Waals surface area contributed by atoms with Crippen LogP contribution in [-0.4, -0.2) is 0 Å². The summed E-state index contributed by atoms with van der Waals surface area (Å²) in [6.07, 6.45) is 14.8. The number of anilines is 2. The van der Waals surface area contributed by atoms with Crippen LogP contribution in [-0.2, 0) is 12.8 Å². The third-order valence-electron chi connectivity index (χ3n) is 10.6. The third kappa shape index (κ3) is 4.93. The van der Waals surface area contributed by atoms with Crippen LogP contribution < -0.4 is 4.90 Å². The van der Waals surface area contributed by atoms with Crippen molar-refractivity contribution in [1.82, 2.24) is 0 Å². The Morgan fingerprint density at radius 3 is 2.24 bits per heavy atom. The first kappa shape index (κ1) is 29.9. The molecule has 4 unspecified atom stereocenters. The SMILES string of the molecule is CCc1ccc2c3c(oc2c1C1C(C)c2ccccc2N1c1c(C(C)C)cc(C2=CCC(C)C=C2)cc1C(C)C)CC(C)C=C3. The molecule has 0 spiro atoms. The van der Waals surface area contributed by atoms with Crippen molar-refractivity contribution in [3.05, 3.63) is 118 Å². The molecule has 0 N–H and O–H groups in total. The maximum Gasteiger partial charge on any atom is 0.140 e. The van der Waals surface area contributed by atoms with Gasteiger partial charge >= 0.3 is 0 Å². The molecule has 4 aromatic rings. The first-order valence-corrected chi connectivity index (χ1v) is 17.4. The van der Waals surface area contributed by atoms with Crippen molar-refractivity contribution in [3.63, 3.8) is 0 Å². The van der Waals surface area contributed by atoms with Gasteiger partial charge in [0.2, 0.25) is 0 Å².